The van der Waals surface area contributed by atoms with Crippen LogP contribution in [0.3, 0.4) is 0 Å². The molecule has 0 fully saturated rings. The normalized spacial score (nSPS) is 9.33. The zero-order valence-corrected chi connectivity index (χ0v) is 4.39. The van der Waals surface area contributed by atoms with E-state index in [1.54, 1.807) is 0 Å². The molecule has 2 N–H and O–H groups in total. The lowest BCUT2D eigenvalue weighted by molar-refractivity contribution is -0.753. The molecule has 9 heavy (non-hydrogen) atoms. The lowest BCUT2D eigenvalue weighted by Gasteiger charge is -1.99. The highest BCUT2D eigenvalue weighted by Gasteiger charge is 2.06. The van der Waals surface area contributed by atoms with Gasteiger partial charge >= 0.3 is 5.95 Å². The minimum atomic E-state index is -0.475. The second-order valence-electron chi connectivity index (χ2n) is 1.37. The first kappa shape index (κ1) is 5.54. The van der Waals surface area contributed by atoms with Gasteiger partial charge in [-0.25, -0.2) is 5.73 Å². The van der Waals surface area contributed by atoms with Gasteiger partial charge in [0.1, 0.15) is 6.20 Å². The Labute approximate surface area is 50.3 Å². The second kappa shape index (κ2) is 1.73. The topological polar surface area (TPSA) is 92.8 Å². The van der Waals surface area contributed by atoms with Crippen LogP contribution in [0.1, 0.15) is 0 Å². The Balaban J connectivity index is 3.25. The number of nitrogen functional groups attached to an aromatic ring is 1. The standard InChI is InChI=1S/C3H4N4O2/c4-3-6(8)2-1-5-7(3)9/h1-2H,4H2. The van der Waals surface area contributed by atoms with E-state index in [-0.39, 0.29) is 9.58 Å². The molecule has 1 heterocycles. The molecule has 0 saturated carbocycles. The van der Waals surface area contributed by atoms with Crippen LogP contribution >= 0.6 is 0 Å². The molecule has 6 heteroatoms. The molecule has 0 radical (unpaired) electrons. The van der Waals surface area contributed by atoms with Crippen molar-refractivity contribution in [1.29, 1.82) is 0 Å². The van der Waals surface area contributed by atoms with E-state index in [4.69, 9.17) is 5.73 Å². The average molecular weight is 128 g/mol. The van der Waals surface area contributed by atoms with Crippen LogP contribution in [0.25, 0.3) is 0 Å². The summed E-state index contributed by atoms with van der Waals surface area (Å²) in [5, 5.41) is 23.8. The van der Waals surface area contributed by atoms with E-state index >= 15 is 0 Å². The minimum absolute atomic E-state index is 0.0486. The van der Waals surface area contributed by atoms with Crippen LogP contribution in [-0.4, -0.2) is 5.10 Å². The predicted molar refractivity (Wildman–Crippen MR) is 26.6 cm³/mol. The SMILES string of the molecule is Nc1[n+]([O-])ccn[n+]1[O-]. The van der Waals surface area contributed by atoms with Gasteiger partial charge in [-0.1, -0.05) is 0 Å². The second-order valence-corrected chi connectivity index (χ2v) is 1.37. The molecular weight excluding hydrogens is 124 g/mol. The van der Waals surface area contributed by atoms with Crippen molar-refractivity contribution >= 4 is 5.95 Å². The summed E-state index contributed by atoms with van der Waals surface area (Å²) in [7, 11) is 0. The molecule has 0 aliphatic rings. The fourth-order valence-corrected chi connectivity index (χ4v) is 0.371. The van der Waals surface area contributed by atoms with E-state index in [1.807, 2.05) is 0 Å². The molecule has 0 bridgehead atoms. The molecule has 48 valence electrons. The zero-order chi connectivity index (χ0) is 6.85. The molecule has 1 aromatic heterocycles. The number of hydrogen-bond acceptors (Lipinski definition) is 4. The summed E-state index contributed by atoms with van der Waals surface area (Å²) in [6.07, 6.45) is 2.11. The van der Waals surface area contributed by atoms with Crippen LogP contribution in [-0.2, 0) is 0 Å². The van der Waals surface area contributed by atoms with E-state index in [2.05, 4.69) is 5.10 Å². The number of nitrogens with zero attached hydrogens (tertiary/aromatic N) is 3. The van der Waals surface area contributed by atoms with Gasteiger partial charge in [0.05, 0.1) is 0 Å². The van der Waals surface area contributed by atoms with Crippen molar-refractivity contribution < 1.29 is 9.58 Å². The van der Waals surface area contributed by atoms with Crippen molar-refractivity contribution in [2.24, 2.45) is 0 Å². The van der Waals surface area contributed by atoms with Crippen molar-refractivity contribution in [1.82, 2.24) is 5.10 Å². The largest absolute Gasteiger partial charge is 0.675 e. The number of nitrogens with two attached hydrogens (primary N) is 1. The third-order valence-corrected chi connectivity index (χ3v) is 0.795. The third-order valence-electron chi connectivity index (χ3n) is 0.795. The van der Waals surface area contributed by atoms with E-state index in [0.29, 0.717) is 0 Å². The first-order valence-corrected chi connectivity index (χ1v) is 2.15. The third kappa shape index (κ3) is 0.809. The van der Waals surface area contributed by atoms with Gasteiger partial charge in [-0.15, -0.1) is 4.73 Å². The first-order chi connectivity index (χ1) is 4.22. The number of anilines is 1. The van der Waals surface area contributed by atoms with Gasteiger partial charge in [-0.3, -0.25) is 0 Å². The van der Waals surface area contributed by atoms with Crippen molar-refractivity contribution in [2.75, 3.05) is 5.73 Å². The summed E-state index contributed by atoms with van der Waals surface area (Å²) < 4.78 is 0.236. The Bertz CT molecular complexity index is 205. The highest BCUT2D eigenvalue weighted by molar-refractivity contribution is 4.91. The van der Waals surface area contributed by atoms with Gasteiger partial charge < -0.3 is 10.4 Å². The Kier molecular flexibility index (Phi) is 1.07. The van der Waals surface area contributed by atoms with Crippen molar-refractivity contribution in [2.45, 2.75) is 0 Å². The van der Waals surface area contributed by atoms with E-state index in [1.165, 1.54) is 0 Å². The van der Waals surface area contributed by atoms with E-state index in [9.17, 15) is 10.4 Å². The molecule has 1 rings (SSSR count). The van der Waals surface area contributed by atoms with E-state index in [0.717, 1.165) is 12.4 Å². The Morgan fingerprint density at radius 3 is 2.67 bits per heavy atom. The van der Waals surface area contributed by atoms with Crippen LogP contribution in [0.5, 0.6) is 0 Å². The summed E-state index contributed by atoms with van der Waals surface area (Å²) >= 11 is 0. The molecule has 0 saturated heterocycles. The van der Waals surface area contributed by atoms with Crippen LogP contribution in [0, 0.1) is 10.4 Å². The smallest absolute Gasteiger partial charge is 0.558 e. The number of aromatic nitrogens is 3. The Hall–Kier alpha value is -1.59. The maximum Gasteiger partial charge on any atom is 0.558 e. The molecule has 0 atom stereocenters. The van der Waals surface area contributed by atoms with Crippen molar-refractivity contribution in [3.05, 3.63) is 22.8 Å². The Morgan fingerprint density at radius 1 is 1.56 bits per heavy atom. The highest BCUT2D eigenvalue weighted by Crippen LogP contribution is 1.72. The molecule has 0 amide bonds. The summed E-state index contributed by atoms with van der Waals surface area (Å²) in [4.78, 5) is 0.0486. The van der Waals surface area contributed by atoms with Gasteiger partial charge in [-0.2, -0.15) is 0 Å². The monoisotopic (exact) mass is 128 g/mol. The van der Waals surface area contributed by atoms with Crippen molar-refractivity contribution in [3.63, 3.8) is 0 Å². The maximum absolute atomic E-state index is 10.4. The Morgan fingerprint density at radius 2 is 2.22 bits per heavy atom. The molecule has 6 nitrogen and oxygen atoms in total. The lowest BCUT2D eigenvalue weighted by Crippen LogP contribution is -2.47. The zero-order valence-electron chi connectivity index (χ0n) is 4.39. The summed E-state index contributed by atoms with van der Waals surface area (Å²) in [5.74, 6) is -0.475. The fourth-order valence-electron chi connectivity index (χ4n) is 0.371. The molecular formula is C3H4N4O2. The lowest BCUT2D eigenvalue weighted by atomic mass is 10.9. The quantitative estimate of drug-likeness (QED) is 0.321. The minimum Gasteiger partial charge on any atom is -0.675 e. The van der Waals surface area contributed by atoms with Gasteiger partial charge in [0.2, 0.25) is 0 Å². The average Bonchev–Trinajstić information content (AvgIpc) is 1.83. The van der Waals surface area contributed by atoms with Gasteiger partial charge in [0.15, 0.2) is 6.20 Å². The van der Waals surface area contributed by atoms with Crippen LogP contribution in [0.2, 0.25) is 0 Å². The van der Waals surface area contributed by atoms with Crippen LogP contribution in [0.4, 0.5) is 5.95 Å². The summed E-state index contributed by atoms with van der Waals surface area (Å²) in [6.45, 7) is 0. The van der Waals surface area contributed by atoms with Crippen LogP contribution < -0.4 is 15.3 Å². The summed E-state index contributed by atoms with van der Waals surface area (Å²) in [6, 6.07) is 0. The molecule has 0 aromatic carbocycles. The van der Waals surface area contributed by atoms with Crippen LogP contribution in [0.15, 0.2) is 12.4 Å². The molecule has 1 aromatic rings. The number of rotatable bonds is 0. The maximum atomic E-state index is 10.4. The highest BCUT2D eigenvalue weighted by atomic mass is 16.5. The van der Waals surface area contributed by atoms with Gasteiger partial charge in [0.25, 0.3) is 0 Å². The molecule has 0 spiro atoms. The van der Waals surface area contributed by atoms with E-state index < -0.39 is 5.95 Å². The molecule has 0 aliphatic carbocycles. The van der Waals surface area contributed by atoms with Crippen molar-refractivity contribution in [3.8, 4) is 0 Å². The molecule has 0 unspecified atom stereocenters. The van der Waals surface area contributed by atoms with Gasteiger partial charge in [-0.05, 0) is 9.94 Å². The first-order valence-electron chi connectivity index (χ1n) is 2.15. The predicted octanol–water partition coefficient (Wildman–Crippen LogP) is -2.07. The number of hydrogen-bond donors (Lipinski definition) is 1. The van der Waals surface area contributed by atoms with Gasteiger partial charge in [0, 0.05) is 0 Å². The summed E-state index contributed by atoms with van der Waals surface area (Å²) in [5.41, 5.74) is 4.92. The molecule has 0 aliphatic heterocycles. The fraction of sp³-hybridized carbons (Fsp3) is 0.